The van der Waals surface area contributed by atoms with Gasteiger partial charge in [0.15, 0.2) is 0 Å². The van der Waals surface area contributed by atoms with Crippen molar-refractivity contribution in [2.75, 3.05) is 12.4 Å². The summed E-state index contributed by atoms with van der Waals surface area (Å²) in [6.07, 6.45) is 3.56. The van der Waals surface area contributed by atoms with Crippen LogP contribution in [0.2, 0.25) is 0 Å². The zero-order valence-corrected chi connectivity index (χ0v) is 24.0. The number of aryl methyl sites for hydroxylation is 1. The summed E-state index contributed by atoms with van der Waals surface area (Å²) in [6.45, 7) is 1.81. The molecule has 8 heteroatoms. The predicted molar refractivity (Wildman–Crippen MR) is 140 cm³/mol. The molecule has 3 aromatic carbocycles. The Morgan fingerprint density at radius 3 is 2.00 bits per heavy atom. The number of halogens is 1. The number of hydrogen-bond acceptors (Lipinski definition) is 4. The molecule has 2 atom stereocenters. The van der Waals surface area contributed by atoms with Crippen molar-refractivity contribution >= 4 is 23.3 Å². The van der Waals surface area contributed by atoms with Crippen molar-refractivity contribution in [2.24, 2.45) is 5.92 Å². The summed E-state index contributed by atoms with van der Waals surface area (Å²) < 4.78 is 36.6. The van der Waals surface area contributed by atoms with Gasteiger partial charge in [0.05, 0.1) is 0 Å². The van der Waals surface area contributed by atoms with Gasteiger partial charge in [-0.1, -0.05) is 0 Å². The van der Waals surface area contributed by atoms with E-state index in [1.165, 1.54) is 20.2 Å². The first-order valence-corrected chi connectivity index (χ1v) is 19.1. The Labute approximate surface area is 224 Å². The zero-order valence-electron chi connectivity index (χ0n) is 20.3. The summed E-state index contributed by atoms with van der Waals surface area (Å²) in [7, 11) is -5.64. The summed E-state index contributed by atoms with van der Waals surface area (Å²) in [4.78, 5) is 16.8. The third-order valence-electron chi connectivity index (χ3n) is 6.27. The van der Waals surface area contributed by atoms with Gasteiger partial charge in [-0.3, -0.25) is 0 Å². The van der Waals surface area contributed by atoms with E-state index in [1.807, 2.05) is 0 Å². The molecular formula is C28H32IO5S2-. The molecule has 1 fully saturated rings. The minimum atomic E-state index is -4.15. The summed E-state index contributed by atoms with van der Waals surface area (Å²) in [5, 5.41) is 0. The molecule has 0 spiro atoms. The molecule has 1 N–H and O–H groups in total. The molecule has 194 valence electrons. The average molecular weight is 640 g/mol. The molecule has 0 aromatic heterocycles. The molecule has 0 amide bonds. The molecule has 3 aromatic rings. The number of carbonyl (C=O) groups is 1. The number of esters is 1. The van der Waals surface area contributed by atoms with E-state index in [2.05, 4.69) is 91.9 Å². The number of hydrogen-bond donors (Lipinski definition) is 1. The molecular weight excluding hydrogens is 607 g/mol. The van der Waals surface area contributed by atoms with Crippen molar-refractivity contribution in [3.63, 3.8) is 0 Å². The van der Waals surface area contributed by atoms with Crippen molar-refractivity contribution < 1.29 is 42.3 Å². The van der Waals surface area contributed by atoms with Crippen LogP contribution in [0, 0.1) is 12.8 Å². The number of benzene rings is 3. The van der Waals surface area contributed by atoms with Crippen LogP contribution < -0.4 is 19.8 Å². The molecule has 0 aliphatic heterocycles. The van der Waals surface area contributed by atoms with E-state index >= 15 is 0 Å². The van der Waals surface area contributed by atoms with Gasteiger partial charge in [-0.2, -0.15) is 0 Å². The van der Waals surface area contributed by atoms with Crippen LogP contribution in [0.1, 0.15) is 31.2 Å². The van der Waals surface area contributed by atoms with Crippen molar-refractivity contribution in [1.29, 1.82) is 0 Å². The molecule has 0 heterocycles. The van der Waals surface area contributed by atoms with Gasteiger partial charge >= 0.3 is 226 Å². The molecule has 5 nitrogen and oxygen atoms in total. The van der Waals surface area contributed by atoms with Crippen molar-refractivity contribution in [3.05, 3.63) is 90.5 Å². The SMILES string of the molecule is Cc1ccc(S([I-]C2CCCC(C(=O)OCCS(=O)(=O)O)C2)(c2ccccc2)c2ccccc2)cc1. The quantitative estimate of drug-likeness (QED) is 0.168. The number of rotatable bonds is 9. The summed E-state index contributed by atoms with van der Waals surface area (Å²) in [6, 6.07) is 30.6. The Morgan fingerprint density at radius 1 is 0.889 bits per heavy atom. The molecule has 36 heavy (non-hydrogen) atoms. The number of alkyl halides is 1. The van der Waals surface area contributed by atoms with Crippen molar-refractivity contribution in [3.8, 4) is 0 Å². The fourth-order valence-corrected chi connectivity index (χ4v) is 19.0. The molecule has 1 aliphatic carbocycles. The van der Waals surface area contributed by atoms with Gasteiger partial charge in [0.25, 0.3) is 0 Å². The first-order valence-electron chi connectivity index (χ1n) is 12.1. The van der Waals surface area contributed by atoms with Gasteiger partial charge in [-0.25, -0.2) is 0 Å². The van der Waals surface area contributed by atoms with E-state index < -0.39 is 42.9 Å². The Kier molecular flexibility index (Phi) is 9.14. The van der Waals surface area contributed by atoms with Crippen molar-refractivity contribution in [1.82, 2.24) is 0 Å². The summed E-state index contributed by atoms with van der Waals surface area (Å²) in [5.74, 6) is -1.14. The first-order chi connectivity index (χ1) is 17.3. The molecule has 0 saturated heterocycles. The van der Waals surface area contributed by atoms with E-state index in [-0.39, 0.29) is 18.5 Å². The van der Waals surface area contributed by atoms with Gasteiger partial charge in [0.2, 0.25) is 0 Å². The monoisotopic (exact) mass is 639 g/mol. The van der Waals surface area contributed by atoms with Gasteiger partial charge < -0.3 is 0 Å². The van der Waals surface area contributed by atoms with E-state index in [1.54, 1.807) is 0 Å². The maximum atomic E-state index is 12.8. The second kappa shape index (κ2) is 12.1. The van der Waals surface area contributed by atoms with Gasteiger partial charge in [0, 0.05) is 0 Å². The molecule has 4 rings (SSSR count). The van der Waals surface area contributed by atoms with Gasteiger partial charge in [-0.05, 0) is 0 Å². The van der Waals surface area contributed by atoms with Crippen LogP contribution >= 0.6 is 7.20 Å². The Morgan fingerprint density at radius 2 is 1.44 bits per heavy atom. The average Bonchev–Trinajstić information content (AvgIpc) is 2.88. The van der Waals surface area contributed by atoms with Crippen LogP contribution in [0.15, 0.2) is 99.6 Å². The van der Waals surface area contributed by atoms with Crippen LogP contribution in [0.3, 0.4) is 0 Å². The first kappa shape index (κ1) is 27.2. The van der Waals surface area contributed by atoms with Crippen LogP contribution in [-0.4, -0.2) is 35.2 Å². The van der Waals surface area contributed by atoms with Crippen LogP contribution in [0.4, 0.5) is 0 Å². The standard InChI is InChI=1S/C28H32IO5S2/c1-22-15-17-27(18-16-22)36(25-11-4-2-5-12-25,26-13-6-3-7-14-26)29-24-10-8-9-23(21-24)28(30)34-19-20-35(31,32)33/h2-7,11-18,23-24H,8-10,19-21H2,1H3,(H,31,32,33)/q-1. The molecule has 1 saturated carbocycles. The van der Waals surface area contributed by atoms with E-state index in [9.17, 15) is 13.2 Å². The van der Waals surface area contributed by atoms with Crippen LogP contribution in [-0.2, 0) is 19.6 Å². The normalized spacial score (nSPS) is 19.1. The Balaban J connectivity index is 1.67. The Hall–Kier alpha value is -1.88. The van der Waals surface area contributed by atoms with E-state index in [4.69, 9.17) is 9.29 Å². The summed E-state index contributed by atoms with van der Waals surface area (Å²) in [5.41, 5.74) is 1.23. The van der Waals surface area contributed by atoms with E-state index in [0.29, 0.717) is 3.92 Å². The van der Waals surface area contributed by atoms with Crippen molar-refractivity contribution in [2.45, 2.75) is 51.2 Å². The molecule has 1 aliphatic rings. The van der Waals surface area contributed by atoms with Crippen LogP contribution in [0.25, 0.3) is 0 Å². The zero-order chi connectivity index (χ0) is 25.6. The topological polar surface area (TPSA) is 80.7 Å². The second-order valence-corrected chi connectivity index (χ2v) is 20.5. The molecule has 2 unspecified atom stereocenters. The van der Waals surface area contributed by atoms with Gasteiger partial charge in [-0.15, -0.1) is 0 Å². The maximum absolute atomic E-state index is 12.8. The summed E-state index contributed by atoms with van der Waals surface area (Å²) >= 11 is -0.440. The Bertz CT molecular complexity index is 1210. The van der Waals surface area contributed by atoms with E-state index in [0.717, 1.165) is 25.7 Å². The minimum absolute atomic E-state index is 0.230. The molecule has 0 bridgehead atoms. The third kappa shape index (κ3) is 6.70. The fourth-order valence-electron chi connectivity index (χ4n) is 4.48. The van der Waals surface area contributed by atoms with Gasteiger partial charge in [0.1, 0.15) is 0 Å². The molecule has 0 radical (unpaired) electrons. The number of carbonyl (C=O) groups excluding carboxylic acids is 1. The fraction of sp³-hybridized carbons (Fsp3) is 0.321. The third-order valence-corrected chi connectivity index (χ3v) is 20.4. The number of ether oxygens (including phenoxy) is 1. The van der Waals surface area contributed by atoms with Crippen LogP contribution in [0.5, 0.6) is 0 Å². The predicted octanol–water partition coefficient (Wildman–Crippen LogP) is 3.27. The second-order valence-electron chi connectivity index (χ2n) is 8.98.